The maximum absolute atomic E-state index is 11.7. The topological polar surface area (TPSA) is 83.0 Å². The molecule has 0 radical (unpaired) electrons. The summed E-state index contributed by atoms with van der Waals surface area (Å²) in [7, 11) is 3.25. The summed E-state index contributed by atoms with van der Waals surface area (Å²) in [5, 5.41) is 8.47. The molecule has 0 aromatic carbocycles. The number of nitrogens with two attached hydrogens (primary N) is 1. The Labute approximate surface area is 111 Å². The zero-order valence-electron chi connectivity index (χ0n) is 11.0. The van der Waals surface area contributed by atoms with E-state index in [1.54, 1.807) is 0 Å². The molecule has 1 heterocycles. The molecule has 0 aliphatic rings. The first-order valence-electron chi connectivity index (χ1n) is 5.96. The van der Waals surface area contributed by atoms with Gasteiger partial charge in [0.25, 0.3) is 0 Å². The first-order chi connectivity index (χ1) is 8.63. The number of aromatic nitrogens is 3. The van der Waals surface area contributed by atoms with Gasteiger partial charge in [-0.25, -0.2) is 0 Å². The highest BCUT2D eigenvalue weighted by Gasteiger charge is 2.23. The number of carbonyl (C=O) groups excluding carboxylic acids is 1. The average molecular weight is 272 g/mol. The number of hydrogen-bond donors (Lipinski definition) is 1. The van der Waals surface area contributed by atoms with Gasteiger partial charge in [-0.1, -0.05) is 31.5 Å². The van der Waals surface area contributed by atoms with Gasteiger partial charge in [-0.15, -0.1) is 10.2 Å². The Morgan fingerprint density at radius 2 is 2.28 bits per heavy atom. The third-order valence-corrected chi connectivity index (χ3v) is 3.92. The summed E-state index contributed by atoms with van der Waals surface area (Å²) < 4.78 is 6.62. The highest BCUT2D eigenvalue weighted by Crippen LogP contribution is 2.26. The third kappa shape index (κ3) is 3.71. The number of hydrogen-bond acceptors (Lipinski definition) is 6. The second-order valence-electron chi connectivity index (χ2n) is 3.93. The van der Waals surface area contributed by atoms with Crippen molar-refractivity contribution in [3.63, 3.8) is 0 Å². The van der Waals surface area contributed by atoms with Crippen LogP contribution in [0.2, 0.25) is 0 Å². The molecule has 1 aromatic heterocycles. The summed E-state index contributed by atoms with van der Waals surface area (Å²) in [5.74, 6) is 0.488. The van der Waals surface area contributed by atoms with Crippen LogP contribution in [0, 0.1) is 0 Å². The quantitative estimate of drug-likeness (QED) is 0.591. The Hall–Kier alpha value is -1.08. The Morgan fingerprint density at radius 3 is 2.78 bits per heavy atom. The normalized spacial score (nSPS) is 12.4. The van der Waals surface area contributed by atoms with Crippen LogP contribution in [0.4, 0.5) is 0 Å². The molecule has 0 saturated carbocycles. The molecule has 0 fully saturated rings. The van der Waals surface area contributed by atoms with Crippen molar-refractivity contribution in [2.45, 2.75) is 43.1 Å². The van der Waals surface area contributed by atoms with Gasteiger partial charge in [0.1, 0.15) is 11.1 Å². The summed E-state index contributed by atoms with van der Waals surface area (Å²) in [4.78, 5) is 11.7. The predicted molar refractivity (Wildman–Crippen MR) is 70.1 cm³/mol. The Morgan fingerprint density at radius 1 is 1.56 bits per heavy atom. The summed E-state index contributed by atoms with van der Waals surface area (Å²) in [6, 6.07) is 0. The Kier molecular flexibility index (Phi) is 6.14. The van der Waals surface area contributed by atoms with Crippen molar-refractivity contribution in [1.29, 1.82) is 0 Å². The second-order valence-corrected chi connectivity index (χ2v) is 5.10. The van der Waals surface area contributed by atoms with Gasteiger partial charge in [0, 0.05) is 7.05 Å². The smallest absolute Gasteiger partial charge is 0.319 e. The summed E-state index contributed by atoms with van der Waals surface area (Å²) in [6.07, 6.45) is 2.80. The van der Waals surface area contributed by atoms with E-state index in [1.165, 1.54) is 18.9 Å². The number of rotatable bonds is 7. The molecular weight excluding hydrogens is 252 g/mol. The lowest BCUT2D eigenvalue weighted by atomic mass is 10.2. The molecule has 6 nitrogen and oxygen atoms in total. The number of carbonyl (C=O) groups is 1. The number of methoxy groups -OCH3 is 1. The highest BCUT2D eigenvalue weighted by atomic mass is 32.2. The van der Waals surface area contributed by atoms with E-state index in [1.807, 2.05) is 11.6 Å². The summed E-state index contributed by atoms with van der Waals surface area (Å²) >= 11 is 1.38. The monoisotopic (exact) mass is 272 g/mol. The van der Waals surface area contributed by atoms with E-state index in [0.717, 1.165) is 19.3 Å². The van der Waals surface area contributed by atoms with Crippen LogP contribution in [0.15, 0.2) is 5.16 Å². The molecule has 7 heteroatoms. The number of esters is 1. The van der Waals surface area contributed by atoms with E-state index in [-0.39, 0.29) is 11.2 Å². The van der Waals surface area contributed by atoms with Crippen molar-refractivity contribution in [2.75, 3.05) is 7.11 Å². The molecule has 102 valence electrons. The maximum atomic E-state index is 11.7. The molecule has 0 bridgehead atoms. The molecule has 0 saturated heterocycles. The van der Waals surface area contributed by atoms with Gasteiger partial charge in [0.05, 0.1) is 13.7 Å². The lowest BCUT2D eigenvalue weighted by molar-refractivity contribution is -0.140. The average Bonchev–Trinajstić information content (AvgIpc) is 2.74. The van der Waals surface area contributed by atoms with Gasteiger partial charge in [-0.3, -0.25) is 4.79 Å². The van der Waals surface area contributed by atoms with E-state index >= 15 is 0 Å². The van der Waals surface area contributed by atoms with Crippen LogP contribution in [0.5, 0.6) is 0 Å². The van der Waals surface area contributed by atoms with E-state index in [2.05, 4.69) is 17.1 Å². The van der Waals surface area contributed by atoms with Gasteiger partial charge >= 0.3 is 5.97 Å². The summed E-state index contributed by atoms with van der Waals surface area (Å²) in [5.41, 5.74) is 5.54. The van der Waals surface area contributed by atoms with Gasteiger partial charge in [-0.2, -0.15) is 0 Å². The largest absolute Gasteiger partial charge is 0.468 e. The van der Waals surface area contributed by atoms with E-state index in [9.17, 15) is 4.79 Å². The zero-order valence-corrected chi connectivity index (χ0v) is 11.9. The fraction of sp³-hybridized carbons (Fsp3) is 0.727. The lowest BCUT2D eigenvalue weighted by Gasteiger charge is -2.13. The van der Waals surface area contributed by atoms with Crippen LogP contribution in [0.25, 0.3) is 0 Å². The maximum Gasteiger partial charge on any atom is 0.319 e. The number of nitrogens with zero attached hydrogens (tertiary/aromatic N) is 3. The predicted octanol–water partition coefficient (Wildman–Crippen LogP) is 1.10. The van der Waals surface area contributed by atoms with Crippen molar-refractivity contribution in [3.8, 4) is 0 Å². The molecule has 0 aliphatic carbocycles. The fourth-order valence-electron chi connectivity index (χ4n) is 1.50. The van der Waals surface area contributed by atoms with Crippen molar-refractivity contribution in [2.24, 2.45) is 12.8 Å². The highest BCUT2D eigenvalue weighted by molar-refractivity contribution is 8.00. The van der Waals surface area contributed by atoms with E-state index in [0.29, 0.717) is 17.5 Å². The van der Waals surface area contributed by atoms with Crippen LogP contribution in [-0.2, 0) is 23.1 Å². The van der Waals surface area contributed by atoms with Crippen molar-refractivity contribution in [1.82, 2.24) is 14.8 Å². The molecule has 1 aromatic rings. The van der Waals surface area contributed by atoms with Crippen molar-refractivity contribution in [3.05, 3.63) is 5.82 Å². The number of thioether (sulfide) groups is 1. The van der Waals surface area contributed by atoms with E-state index in [4.69, 9.17) is 10.5 Å². The summed E-state index contributed by atoms with van der Waals surface area (Å²) in [6.45, 7) is 2.43. The van der Waals surface area contributed by atoms with Gasteiger partial charge < -0.3 is 15.0 Å². The Balaban J connectivity index is 2.75. The minimum Gasteiger partial charge on any atom is -0.468 e. The molecule has 1 atom stereocenters. The lowest BCUT2D eigenvalue weighted by Crippen LogP contribution is -2.19. The molecule has 1 unspecified atom stereocenters. The first-order valence-corrected chi connectivity index (χ1v) is 6.84. The number of unbranched alkanes of at least 4 members (excludes halogenated alkanes) is 1. The first kappa shape index (κ1) is 15.0. The van der Waals surface area contributed by atoms with Gasteiger partial charge in [0.15, 0.2) is 5.16 Å². The van der Waals surface area contributed by atoms with Crippen LogP contribution in [-0.4, -0.2) is 33.1 Å². The molecule has 1 rings (SSSR count). The standard InChI is InChI=1S/C11H20N4O2S/c1-4-5-6-8(10(16)17-3)18-11-14-13-9(7-12)15(11)2/h8H,4-7,12H2,1-3H3. The van der Waals surface area contributed by atoms with Crippen LogP contribution in [0.3, 0.4) is 0 Å². The third-order valence-electron chi connectivity index (χ3n) is 2.64. The SMILES string of the molecule is CCCCC(Sc1nnc(CN)n1C)C(=O)OC. The van der Waals surface area contributed by atoms with Crippen molar-refractivity contribution >= 4 is 17.7 Å². The van der Waals surface area contributed by atoms with Crippen LogP contribution in [0.1, 0.15) is 32.0 Å². The minimum absolute atomic E-state index is 0.217. The molecule has 0 amide bonds. The molecule has 0 spiro atoms. The number of ether oxygens (including phenoxy) is 1. The van der Waals surface area contributed by atoms with Gasteiger partial charge in [0.2, 0.25) is 0 Å². The minimum atomic E-state index is -0.233. The molecule has 18 heavy (non-hydrogen) atoms. The zero-order chi connectivity index (χ0) is 13.5. The van der Waals surface area contributed by atoms with Crippen LogP contribution < -0.4 is 5.73 Å². The van der Waals surface area contributed by atoms with Crippen LogP contribution >= 0.6 is 11.8 Å². The Bertz CT molecular complexity index is 394. The molecular formula is C11H20N4O2S. The van der Waals surface area contributed by atoms with E-state index < -0.39 is 0 Å². The molecule has 2 N–H and O–H groups in total. The second kappa shape index (κ2) is 7.38. The van der Waals surface area contributed by atoms with Gasteiger partial charge in [-0.05, 0) is 6.42 Å². The fourth-order valence-corrected chi connectivity index (χ4v) is 2.58. The molecule has 0 aliphatic heterocycles. The van der Waals surface area contributed by atoms with Crippen molar-refractivity contribution < 1.29 is 9.53 Å².